The number of carbonyl (C=O) groups excluding carboxylic acids is 1. The summed E-state index contributed by atoms with van der Waals surface area (Å²) in [4.78, 5) is 17.7. The van der Waals surface area contributed by atoms with Crippen molar-refractivity contribution in [2.45, 2.75) is 56.1 Å². The SMILES string of the molecule is CC12CN3CC(c4ccccc4)(CN(C1)C3[C@](C)(O)[C@](C)(O)[C@@](C)(O)CO)C2=O. The van der Waals surface area contributed by atoms with Crippen LogP contribution in [0.1, 0.15) is 33.3 Å². The topological polar surface area (TPSA) is 104 Å². The van der Waals surface area contributed by atoms with Gasteiger partial charge < -0.3 is 20.4 Å². The molecule has 0 saturated carbocycles. The van der Waals surface area contributed by atoms with Crippen molar-refractivity contribution in [2.24, 2.45) is 5.41 Å². The van der Waals surface area contributed by atoms with Crippen molar-refractivity contribution in [3.8, 4) is 0 Å². The Balaban J connectivity index is 1.77. The van der Waals surface area contributed by atoms with Gasteiger partial charge in [-0.05, 0) is 26.3 Å². The number of aliphatic hydroxyl groups is 4. The van der Waals surface area contributed by atoms with E-state index >= 15 is 0 Å². The zero-order valence-corrected chi connectivity index (χ0v) is 17.6. The highest BCUT2D eigenvalue weighted by Crippen LogP contribution is 2.53. The molecule has 4 aliphatic heterocycles. The van der Waals surface area contributed by atoms with Crippen LogP contribution in [0.4, 0.5) is 0 Å². The molecule has 1 aromatic rings. The molecule has 5 rings (SSSR count). The molecular formula is C22H32N2O5. The number of piperidine rings is 2. The third-order valence-corrected chi connectivity index (χ3v) is 7.90. The first-order valence-electron chi connectivity index (χ1n) is 10.2. The highest BCUT2D eigenvalue weighted by atomic mass is 16.4. The van der Waals surface area contributed by atoms with Gasteiger partial charge in [0.2, 0.25) is 0 Å². The van der Waals surface area contributed by atoms with Crippen LogP contribution in [-0.4, -0.2) is 91.8 Å². The molecule has 5 atom stereocenters. The number of benzene rings is 1. The molecule has 0 spiro atoms. The van der Waals surface area contributed by atoms with Crippen LogP contribution in [0.25, 0.3) is 0 Å². The zero-order valence-electron chi connectivity index (χ0n) is 17.6. The Morgan fingerprint density at radius 2 is 1.52 bits per heavy atom. The molecule has 160 valence electrons. The van der Waals surface area contributed by atoms with Crippen LogP contribution >= 0.6 is 0 Å². The third kappa shape index (κ3) is 2.55. The molecule has 0 amide bonds. The number of carbonyl (C=O) groups is 1. The highest BCUT2D eigenvalue weighted by Gasteiger charge is 2.70. The van der Waals surface area contributed by atoms with Crippen LogP contribution in [0.15, 0.2) is 30.3 Å². The van der Waals surface area contributed by atoms with E-state index in [1.54, 1.807) is 0 Å². The quantitative estimate of drug-likeness (QED) is 0.535. The van der Waals surface area contributed by atoms with E-state index < -0.39 is 40.4 Å². The van der Waals surface area contributed by atoms with Crippen molar-refractivity contribution in [2.75, 3.05) is 32.8 Å². The average Bonchev–Trinajstić information content (AvgIpc) is 2.65. The van der Waals surface area contributed by atoms with Crippen LogP contribution in [-0.2, 0) is 10.2 Å². The second-order valence-corrected chi connectivity index (χ2v) is 10.2. The number of ketones is 1. The van der Waals surface area contributed by atoms with Crippen molar-refractivity contribution in [3.63, 3.8) is 0 Å². The van der Waals surface area contributed by atoms with E-state index in [0.717, 1.165) is 5.56 Å². The maximum absolute atomic E-state index is 13.5. The van der Waals surface area contributed by atoms with Crippen LogP contribution in [0.5, 0.6) is 0 Å². The van der Waals surface area contributed by atoms with Crippen LogP contribution in [0.3, 0.4) is 0 Å². The minimum absolute atomic E-state index is 0.232. The van der Waals surface area contributed by atoms with E-state index in [9.17, 15) is 25.2 Å². The standard InChI is InChI=1S/C22H32N2O5/c1-18-10-23-12-22(16(18)26,15-8-6-5-7-9-15)13-24(11-18)17(23)20(3,28)21(4,29)19(2,27)14-25/h5-9,17,25,27-29H,10-14H2,1-4H3/t17?,18?,19-,20-,21+,22?/m0/s1. The minimum Gasteiger partial charge on any atom is -0.393 e. The number of hydrogen-bond acceptors (Lipinski definition) is 7. The molecule has 7 heteroatoms. The monoisotopic (exact) mass is 404 g/mol. The predicted octanol–water partition coefficient (Wildman–Crippen LogP) is -0.284. The van der Waals surface area contributed by atoms with Gasteiger partial charge in [-0.1, -0.05) is 37.3 Å². The molecule has 4 N–H and O–H groups in total. The number of nitrogens with zero attached hydrogens (tertiary/aromatic N) is 2. The highest BCUT2D eigenvalue weighted by molar-refractivity contribution is 5.97. The maximum Gasteiger partial charge on any atom is 0.154 e. The molecule has 1 aromatic carbocycles. The van der Waals surface area contributed by atoms with Crippen LogP contribution in [0.2, 0.25) is 0 Å². The second kappa shape index (κ2) is 6.09. The largest absolute Gasteiger partial charge is 0.393 e. The molecule has 4 aliphatic rings. The molecule has 4 fully saturated rings. The van der Waals surface area contributed by atoms with Gasteiger partial charge in [0.05, 0.1) is 23.6 Å². The van der Waals surface area contributed by atoms with Gasteiger partial charge in [-0.25, -0.2) is 0 Å². The first kappa shape index (κ1) is 20.9. The lowest BCUT2D eigenvalue weighted by Crippen LogP contribution is -2.86. The number of rotatable bonds is 5. The fourth-order valence-electron chi connectivity index (χ4n) is 5.98. The van der Waals surface area contributed by atoms with Gasteiger partial charge in [0.1, 0.15) is 16.8 Å². The van der Waals surface area contributed by atoms with Crippen molar-refractivity contribution < 1.29 is 25.2 Å². The Hall–Kier alpha value is -1.35. The summed E-state index contributed by atoms with van der Waals surface area (Å²) in [6.45, 7) is 7.31. The summed E-state index contributed by atoms with van der Waals surface area (Å²) in [5, 5.41) is 43.0. The van der Waals surface area contributed by atoms with Crippen molar-refractivity contribution >= 4 is 5.78 Å². The molecule has 0 aliphatic carbocycles. The smallest absolute Gasteiger partial charge is 0.154 e. The fourth-order valence-corrected chi connectivity index (χ4v) is 5.98. The van der Waals surface area contributed by atoms with Gasteiger partial charge in [0, 0.05) is 26.2 Å². The maximum atomic E-state index is 13.5. The number of hydrogen-bond donors (Lipinski definition) is 4. The fraction of sp³-hybridized carbons (Fsp3) is 0.682. The summed E-state index contributed by atoms with van der Waals surface area (Å²) in [5.41, 5.74) is -5.92. The minimum atomic E-state index is -1.99. The third-order valence-electron chi connectivity index (χ3n) is 7.90. The van der Waals surface area contributed by atoms with Gasteiger partial charge in [-0.3, -0.25) is 14.6 Å². The molecule has 4 bridgehead atoms. The Labute approximate surface area is 171 Å². The van der Waals surface area contributed by atoms with E-state index in [-0.39, 0.29) is 5.78 Å². The number of Topliss-reactive ketones (excluding diaryl/α,β-unsaturated/α-hetero) is 1. The first-order valence-corrected chi connectivity index (χ1v) is 10.2. The molecule has 2 unspecified atom stereocenters. The van der Waals surface area contributed by atoms with E-state index in [1.807, 2.05) is 37.3 Å². The molecule has 7 nitrogen and oxygen atoms in total. The normalized spacial score (nSPS) is 42.2. The van der Waals surface area contributed by atoms with Crippen LogP contribution < -0.4 is 0 Å². The summed E-state index contributed by atoms with van der Waals surface area (Å²) in [5.74, 6) is 0.232. The zero-order chi connectivity index (χ0) is 21.5. The predicted molar refractivity (Wildman–Crippen MR) is 107 cm³/mol. The molecule has 4 heterocycles. The van der Waals surface area contributed by atoms with E-state index in [4.69, 9.17) is 0 Å². The number of aliphatic hydroxyl groups excluding tert-OH is 1. The average molecular weight is 405 g/mol. The van der Waals surface area contributed by atoms with Gasteiger partial charge in [0.25, 0.3) is 0 Å². The van der Waals surface area contributed by atoms with Crippen LogP contribution in [0, 0.1) is 5.41 Å². The van der Waals surface area contributed by atoms with Crippen molar-refractivity contribution in [1.29, 1.82) is 0 Å². The Bertz CT molecular complexity index is 804. The Morgan fingerprint density at radius 3 is 2.00 bits per heavy atom. The lowest BCUT2D eigenvalue weighted by atomic mass is 9.57. The molecule has 4 saturated heterocycles. The van der Waals surface area contributed by atoms with Gasteiger partial charge in [-0.15, -0.1) is 0 Å². The molecule has 29 heavy (non-hydrogen) atoms. The molecule has 0 aromatic heterocycles. The van der Waals surface area contributed by atoms with E-state index in [1.165, 1.54) is 20.8 Å². The van der Waals surface area contributed by atoms with Gasteiger partial charge in [0.15, 0.2) is 5.78 Å². The lowest BCUT2D eigenvalue weighted by molar-refractivity contribution is -0.294. The molecule has 0 radical (unpaired) electrons. The molecular weight excluding hydrogens is 372 g/mol. The summed E-state index contributed by atoms with van der Waals surface area (Å²) >= 11 is 0. The van der Waals surface area contributed by atoms with E-state index in [2.05, 4.69) is 9.80 Å². The Kier molecular flexibility index (Phi) is 4.39. The lowest BCUT2D eigenvalue weighted by Gasteiger charge is -2.69. The Morgan fingerprint density at radius 1 is 1.00 bits per heavy atom. The van der Waals surface area contributed by atoms with Gasteiger partial charge >= 0.3 is 0 Å². The summed E-state index contributed by atoms with van der Waals surface area (Å²) in [6.07, 6.45) is -0.589. The van der Waals surface area contributed by atoms with Crippen molar-refractivity contribution in [1.82, 2.24) is 9.80 Å². The summed E-state index contributed by atoms with van der Waals surface area (Å²) < 4.78 is 0. The first-order chi connectivity index (χ1) is 13.3. The summed E-state index contributed by atoms with van der Waals surface area (Å²) in [7, 11) is 0. The van der Waals surface area contributed by atoms with E-state index in [0.29, 0.717) is 26.2 Å². The van der Waals surface area contributed by atoms with Gasteiger partial charge in [-0.2, -0.15) is 0 Å². The second-order valence-electron chi connectivity index (χ2n) is 10.2. The van der Waals surface area contributed by atoms with Crippen molar-refractivity contribution in [3.05, 3.63) is 35.9 Å². The summed E-state index contributed by atoms with van der Waals surface area (Å²) in [6, 6.07) is 9.77.